The fourth-order valence-electron chi connectivity index (χ4n) is 4.35. The molecule has 0 radical (unpaired) electrons. The van der Waals surface area contributed by atoms with E-state index in [0.29, 0.717) is 48.2 Å². The van der Waals surface area contributed by atoms with Gasteiger partial charge in [0.2, 0.25) is 5.91 Å². The van der Waals surface area contributed by atoms with Gasteiger partial charge in [0, 0.05) is 38.2 Å². The summed E-state index contributed by atoms with van der Waals surface area (Å²) in [6, 6.07) is 14.8. The highest BCUT2D eigenvalue weighted by Gasteiger charge is 2.30. The third kappa shape index (κ3) is 6.35. The molecule has 0 spiro atoms. The molecule has 1 fully saturated rings. The van der Waals surface area contributed by atoms with Gasteiger partial charge in [0.05, 0.1) is 34.9 Å². The van der Waals surface area contributed by atoms with Crippen molar-refractivity contribution in [3.05, 3.63) is 82.4 Å². The van der Waals surface area contributed by atoms with Crippen LogP contribution in [0.15, 0.2) is 61.1 Å². The number of piperidine rings is 1. The third-order valence-corrected chi connectivity index (χ3v) is 7.06. The standard InChI is InChI=1S/C26H28Cl2N4O3/c1-35-26(34)22(14-20-16-31(17-29-20)15-18-6-3-2-4-7-18)30-25(33)19-10-12-32(13-11-19)23-9-5-8-21(27)24(23)28/h2-9,16-17,19,22H,10-15H2,1H3,(H,30,33). The molecule has 7 nitrogen and oxygen atoms in total. The number of ether oxygens (including phenoxy) is 1. The second kappa shape index (κ2) is 11.6. The van der Waals surface area contributed by atoms with E-state index in [1.807, 2.05) is 53.2 Å². The maximum Gasteiger partial charge on any atom is 0.328 e. The molecule has 0 saturated carbocycles. The molecule has 184 valence electrons. The smallest absolute Gasteiger partial charge is 0.328 e. The van der Waals surface area contributed by atoms with E-state index in [9.17, 15) is 9.59 Å². The van der Waals surface area contributed by atoms with Crippen molar-refractivity contribution >= 4 is 40.8 Å². The minimum atomic E-state index is -0.798. The molecular weight excluding hydrogens is 487 g/mol. The summed E-state index contributed by atoms with van der Waals surface area (Å²) < 4.78 is 6.91. The number of amides is 1. The van der Waals surface area contributed by atoms with Gasteiger partial charge in [-0.1, -0.05) is 59.6 Å². The second-order valence-corrected chi connectivity index (χ2v) is 9.43. The molecule has 0 aliphatic carbocycles. The number of benzene rings is 2. The highest BCUT2D eigenvalue weighted by molar-refractivity contribution is 6.43. The van der Waals surface area contributed by atoms with E-state index in [1.165, 1.54) is 7.11 Å². The van der Waals surface area contributed by atoms with Crippen LogP contribution < -0.4 is 10.2 Å². The lowest BCUT2D eigenvalue weighted by Crippen LogP contribution is -2.48. The zero-order valence-electron chi connectivity index (χ0n) is 19.5. The normalized spacial score (nSPS) is 15.0. The molecule has 2 aromatic carbocycles. The Bertz CT molecular complexity index is 1160. The molecule has 9 heteroatoms. The molecule has 1 saturated heterocycles. The summed E-state index contributed by atoms with van der Waals surface area (Å²) >= 11 is 12.5. The van der Waals surface area contributed by atoms with Crippen LogP contribution >= 0.6 is 23.2 Å². The third-order valence-electron chi connectivity index (χ3n) is 6.25. The van der Waals surface area contributed by atoms with Gasteiger partial charge in [0.15, 0.2) is 0 Å². The Morgan fingerprint density at radius 2 is 1.86 bits per heavy atom. The Morgan fingerprint density at radius 1 is 1.11 bits per heavy atom. The Kier molecular flexibility index (Phi) is 8.31. The van der Waals surface area contributed by atoms with Crippen LogP contribution in [0.5, 0.6) is 0 Å². The fourth-order valence-corrected chi connectivity index (χ4v) is 4.76. The van der Waals surface area contributed by atoms with E-state index >= 15 is 0 Å². The summed E-state index contributed by atoms with van der Waals surface area (Å²) in [5.41, 5.74) is 2.73. The molecule has 3 aromatic rings. The molecule has 1 aromatic heterocycles. The first-order valence-corrected chi connectivity index (χ1v) is 12.3. The number of methoxy groups -OCH3 is 1. The van der Waals surface area contributed by atoms with Crippen molar-refractivity contribution in [2.45, 2.75) is 31.8 Å². The number of imidazole rings is 1. The van der Waals surface area contributed by atoms with Gasteiger partial charge in [0.1, 0.15) is 6.04 Å². The van der Waals surface area contributed by atoms with Gasteiger partial charge < -0.3 is 19.5 Å². The number of hydrogen-bond donors (Lipinski definition) is 1. The van der Waals surface area contributed by atoms with Crippen molar-refractivity contribution in [3.8, 4) is 0 Å². The van der Waals surface area contributed by atoms with Gasteiger partial charge in [-0.25, -0.2) is 9.78 Å². The van der Waals surface area contributed by atoms with Crippen molar-refractivity contribution in [1.82, 2.24) is 14.9 Å². The molecule has 2 heterocycles. The number of nitrogens with one attached hydrogen (secondary N) is 1. The van der Waals surface area contributed by atoms with E-state index < -0.39 is 12.0 Å². The molecule has 1 aliphatic rings. The molecule has 1 unspecified atom stereocenters. The number of carbonyl (C=O) groups excluding carboxylic acids is 2. The van der Waals surface area contributed by atoms with Gasteiger partial charge in [-0.3, -0.25) is 4.79 Å². The minimum absolute atomic E-state index is 0.152. The Balaban J connectivity index is 1.35. The maximum absolute atomic E-state index is 13.0. The summed E-state index contributed by atoms with van der Waals surface area (Å²) in [6.45, 7) is 2.02. The Labute approximate surface area is 215 Å². The number of carbonyl (C=O) groups is 2. The van der Waals surface area contributed by atoms with E-state index in [-0.39, 0.29) is 18.2 Å². The summed E-state index contributed by atoms with van der Waals surface area (Å²) in [4.78, 5) is 32.0. The molecule has 0 bridgehead atoms. The van der Waals surface area contributed by atoms with Crippen LogP contribution in [0.1, 0.15) is 24.1 Å². The van der Waals surface area contributed by atoms with Gasteiger partial charge >= 0.3 is 5.97 Å². The molecular formula is C26H28Cl2N4O3. The molecule has 1 amide bonds. The van der Waals surface area contributed by atoms with Gasteiger partial charge in [-0.15, -0.1) is 0 Å². The summed E-state index contributed by atoms with van der Waals surface area (Å²) in [7, 11) is 1.32. The lowest BCUT2D eigenvalue weighted by molar-refractivity contribution is -0.145. The highest BCUT2D eigenvalue weighted by atomic mass is 35.5. The fraction of sp³-hybridized carbons (Fsp3) is 0.346. The first kappa shape index (κ1) is 25.1. The van der Waals surface area contributed by atoms with Crippen LogP contribution in [0.3, 0.4) is 0 Å². The Hall–Kier alpha value is -3.03. The van der Waals surface area contributed by atoms with Crippen molar-refractivity contribution in [2.75, 3.05) is 25.1 Å². The van der Waals surface area contributed by atoms with Crippen molar-refractivity contribution in [3.63, 3.8) is 0 Å². The van der Waals surface area contributed by atoms with E-state index in [1.54, 1.807) is 12.4 Å². The minimum Gasteiger partial charge on any atom is -0.467 e. The highest BCUT2D eigenvalue weighted by Crippen LogP contribution is 2.34. The van der Waals surface area contributed by atoms with E-state index in [2.05, 4.69) is 15.2 Å². The number of rotatable bonds is 8. The molecule has 1 atom stereocenters. The van der Waals surface area contributed by atoms with E-state index in [4.69, 9.17) is 27.9 Å². The van der Waals surface area contributed by atoms with Crippen LogP contribution in [0.25, 0.3) is 0 Å². The number of anilines is 1. The van der Waals surface area contributed by atoms with Crippen molar-refractivity contribution in [1.29, 1.82) is 0 Å². The van der Waals surface area contributed by atoms with Crippen LogP contribution in [0, 0.1) is 5.92 Å². The predicted molar refractivity (Wildman–Crippen MR) is 137 cm³/mol. The average Bonchev–Trinajstić information content (AvgIpc) is 3.32. The van der Waals surface area contributed by atoms with E-state index in [0.717, 1.165) is 11.3 Å². The maximum atomic E-state index is 13.0. The van der Waals surface area contributed by atoms with Crippen LogP contribution in [0.4, 0.5) is 5.69 Å². The van der Waals surface area contributed by atoms with Crippen molar-refractivity contribution in [2.24, 2.45) is 5.92 Å². The number of hydrogen-bond acceptors (Lipinski definition) is 5. The average molecular weight is 515 g/mol. The zero-order valence-corrected chi connectivity index (χ0v) is 21.0. The van der Waals surface area contributed by atoms with Crippen molar-refractivity contribution < 1.29 is 14.3 Å². The largest absolute Gasteiger partial charge is 0.467 e. The number of aromatic nitrogens is 2. The molecule has 4 rings (SSSR count). The first-order chi connectivity index (χ1) is 16.9. The Morgan fingerprint density at radius 3 is 2.57 bits per heavy atom. The second-order valence-electron chi connectivity index (χ2n) is 8.65. The topological polar surface area (TPSA) is 76.5 Å². The number of nitrogens with zero attached hydrogens (tertiary/aromatic N) is 3. The first-order valence-electron chi connectivity index (χ1n) is 11.6. The predicted octanol–water partition coefficient (Wildman–Crippen LogP) is 4.36. The van der Waals surface area contributed by atoms with Crippen LogP contribution in [0.2, 0.25) is 10.0 Å². The summed E-state index contributed by atoms with van der Waals surface area (Å²) in [5.74, 6) is -0.841. The van der Waals surface area contributed by atoms with Gasteiger partial charge in [-0.05, 0) is 30.5 Å². The summed E-state index contributed by atoms with van der Waals surface area (Å²) in [5, 5.41) is 3.92. The van der Waals surface area contributed by atoms with Crippen LogP contribution in [-0.4, -0.2) is 47.7 Å². The lowest BCUT2D eigenvalue weighted by Gasteiger charge is -2.34. The van der Waals surface area contributed by atoms with Crippen LogP contribution in [-0.2, 0) is 27.3 Å². The lowest BCUT2D eigenvalue weighted by atomic mass is 9.95. The molecule has 1 aliphatic heterocycles. The molecule has 1 N–H and O–H groups in total. The zero-order chi connectivity index (χ0) is 24.8. The molecule has 35 heavy (non-hydrogen) atoms. The van der Waals surface area contributed by atoms with Gasteiger partial charge in [-0.2, -0.15) is 0 Å². The number of esters is 1. The summed E-state index contributed by atoms with van der Waals surface area (Å²) in [6.07, 6.45) is 5.18. The SMILES string of the molecule is COC(=O)C(Cc1cn(Cc2ccccc2)cn1)NC(=O)C1CCN(c2cccc(Cl)c2Cl)CC1. The van der Waals surface area contributed by atoms with Gasteiger partial charge in [0.25, 0.3) is 0 Å². The monoisotopic (exact) mass is 514 g/mol. The quantitative estimate of drug-likeness (QED) is 0.452. The number of halogens is 2.